The van der Waals surface area contributed by atoms with E-state index >= 15 is 0 Å². The molecule has 1 aromatic rings. The molecule has 0 radical (unpaired) electrons. The molecule has 0 aliphatic carbocycles. The largest absolute Gasteiger partial charge is 0.127 e. The van der Waals surface area contributed by atoms with Crippen LogP contribution in [-0.4, -0.2) is 24.8 Å². The van der Waals surface area contributed by atoms with Gasteiger partial charge in [-0.25, -0.2) is 0 Å². The first-order valence-corrected chi connectivity index (χ1v) is 9.63. The van der Waals surface area contributed by atoms with Crippen molar-refractivity contribution in [3.8, 4) is 0 Å². The van der Waals surface area contributed by atoms with Crippen LogP contribution in [0.4, 0.5) is 0 Å². The number of hydrogen-bond acceptors (Lipinski definition) is 0. The van der Waals surface area contributed by atoms with Gasteiger partial charge in [-0.3, -0.25) is 0 Å². The maximum atomic E-state index is 6.48. The van der Waals surface area contributed by atoms with Gasteiger partial charge in [0.05, 0.1) is 9.52 Å². The van der Waals surface area contributed by atoms with E-state index in [0.29, 0.717) is 5.00 Å². The maximum Gasteiger partial charge on any atom is 0.0756 e. The highest BCUT2D eigenvalue weighted by molar-refractivity contribution is 6.65. The molecule has 1 unspecified atom stereocenters. The summed E-state index contributed by atoms with van der Waals surface area (Å²) in [6.07, 6.45) is 3.73. The number of benzene rings is 1. The van der Waals surface area contributed by atoms with Crippen molar-refractivity contribution in [2.45, 2.75) is 52.0 Å². The van der Waals surface area contributed by atoms with E-state index in [0.717, 1.165) is 10.2 Å². The summed E-state index contributed by atoms with van der Waals surface area (Å²) in [5, 5.41) is 3.61. The second-order valence-corrected chi connectivity index (χ2v) is 9.46. The average Bonchev–Trinajstić information content (AvgIpc) is 2.30. The van der Waals surface area contributed by atoms with Crippen LogP contribution in [0.5, 0.6) is 0 Å². The molecular formula is C14H25ClSi2. The second kappa shape index (κ2) is 6.76. The molecule has 0 heterocycles. The van der Waals surface area contributed by atoms with Gasteiger partial charge in [0.15, 0.2) is 0 Å². The number of hydrogen-bond donors (Lipinski definition) is 0. The van der Waals surface area contributed by atoms with Crippen LogP contribution in [0.2, 0.25) is 0 Å². The number of rotatable bonds is 5. The van der Waals surface area contributed by atoms with Crippen LogP contribution in [-0.2, 0) is 0 Å². The van der Waals surface area contributed by atoms with Gasteiger partial charge in [-0.05, 0) is 38.3 Å². The van der Waals surface area contributed by atoms with Gasteiger partial charge in [-0.15, -0.1) is 11.6 Å². The zero-order valence-electron chi connectivity index (χ0n) is 11.9. The Labute approximate surface area is 116 Å². The SMILES string of the molecule is CCCCC(Cl)[SiH2]c1cc(C)c([SiH3])c(C)c1C. The predicted molar refractivity (Wildman–Crippen MR) is 87.6 cm³/mol. The molecule has 0 nitrogen and oxygen atoms in total. The Bertz CT molecular complexity index is 388. The van der Waals surface area contributed by atoms with E-state index in [4.69, 9.17) is 11.6 Å². The van der Waals surface area contributed by atoms with Gasteiger partial charge >= 0.3 is 0 Å². The van der Waals surface area contributed by atoms with Gasteiger partial charge in [0.2, 0.25) is 0 Å². The summed E-state index contributed by atoms with van der Waals surface area (Å²) in [5.41, 5.74) is 4.54. The van der Waals surface area contributed by atoms with Crippen molar-refractivity contribution in [1.82, 2.24) is 0 Å². The molecule has 3 heteroatoms. The van der Waals surface area contributed by atoms with Gasteiger partial charge in [-0.1, -0.05) is 41.8 Å². The monoisotopic (exact) mass is 284 g/mol. The van der Waals surface area contributed by atoms with Crippen LogP contribution in [0.15, 0.2) is 6.07 Å². The molecule has 0 amide bonds. The first-order valence-electron chi connectivity index (χ1n) is 6.67. The van der Waals surface area contributed by atoms with E-state index in [1.54, 1.807) is 10.4 Å². The molecule has 17 heavy (non-hydrogen) atoms. The molecule has 0 fully saturated rings. The van der Waals surface area contributed by atoms with Crippen molar-refractivity contribution in [1.29, 1.82) is 0 Å². The van der Waals surface area contributed by atoms with Crippen molar-refractivity contribution in [3.63, 3.8) is 0 Å². The Kier molecular flexibility index (Phi) is 5.97. The van der Waals surface area contributed by atoms with Crippen molar-refractivity contribution in [2.24, 2.45) is 0 Å². The zero-order valence-corrected chi connectivity index (χ0v) is 16.0. The lowest BCUT2D eigenvalue weighted by molar-refractivity contribution is 0.754. The first-order chi connectivity index (χ1) is 7.97. The van der Waals surface area contributed by atoms with Crippen LogP contribution in [0, 0.1) is 20.8 Å². The van der Waals surface area contributed by atoms with Crippen LogP contribution in [0.1, 0.15) is 42.9 Å². The van der Waals surface area contributed by atoms with Gasteiger partial charge in [0.25, 0.3) is 0 Å². The molecular weight excluding hydrogens is 260 g/mol. The Hall–Kier alpha value is -0.0562. The minimum absolute atomic E-state index is 0.314. The summed E-state index contributed by atoms with van der Waals surface area (Å²) in [7, 11) is 0.844. The van der Waals surface area contributed by atoms with Crippen LogP contribution < -0.4 is 10.4 Å². The number of halogens is 1. The lowest BCUT2D eigenvalue weighted by Gasteiger charge is -2.16. The fourth-order valence-electron chi connectivity index (χ4n) is 2.27. The lowest BCUT2D eigenvalue weighted by atomic mass is 10.1. The molecule has 1 rings (SSSR count). The van der Waals surface area contributed by atoms with E-state index in [9.17, 15) is 0 Å². The molecule has 1 aromatic carbocycles. The van der Waals surface area contributed by atoms with Crippen molar-refractivity contribution in [3.05, 3.63) is 22.8 Å². The van der Waals surface area contributed by atoms with E-state index in [2.05, 4.69) is 33.8 Å². The second-order valence-electron chi connectivity index (χ2n) is 5.17. The van der Waals surface area contributed by atoms with Crippen molar-refractivity contribution >= 4 is 41.7 Å². The van der Waals surface area contributed by atoms with E-state index in [-0.39, 0.29) is 9.52 Å². The smallest absolute Gasteiger partial charge is 0.0756 e. The third kappa shape index (κ3) is 3.97. The first kappa shape index (κ1) is 15.0. The predicted octanol–water partition coefficient (Wildman–Crippen LogP) is 1.15. The maximum absolute atomic E-state index is 6.48. The van der Waals surface area contributed by atoms with Crippen LogP contribution in [0.3, 0.4) is 0 Å². The van der Waals surface area contributed by atoms with Gasteiger partial charge in [0.1, 0.15) is 0 Å². The average molecular weight is 285 g/mol. The third-order valence-electron chi connectivity index (χ3n) is 3.90. The summed E-state index contributed by atoms with van der Waals surface area (Å²) in [6, 6.07) is 2.41. The van der Waals surface area contributed by atoms with E-state index in [1.807, 2.05) is 0 Å². The molecule has 0 spiro atoms. The minimum Gasteiger partial charge on any atom is -0.127 e. The topological polar surface area (TPSA) is 0 Å². The number of alkyl halides is 1. The number of aryl methyl sites for hydroxylation is 1. The molecule has 96 valence electrons. The Morgan fingerprint density at radius 2 is 1.94 bits per heavy atom. The minimum atomic E-state index is -0.314. The molecule has 0 saturated heterocycles. The van der Waals surface area contributed by atoms with Crippen molar-refractivity contribution < 1.29 is 0 Å². The highest BCUT2D eigenvalue weighted by Crippen LogP contribution is 2.09. The Morgan fingerprint density at radius 3 is 2.53 bits per heavy atom. The Morgan fingerprint density at radius 1 is 1.29 bits per heavy atom. The Balaban J connectivity index is 2.85. The fourth-order valence-corrected chi connectivity index (χ4v) is 5.41. The molecule has 0 N–H and O–H groups in total. The van der Waals surface area contributed by atoms with Gasteiger partial charge < -0.3 is 0 Å². The summed E-state index contributed by atoms with van der Waals surface area (Å²) >= 11 is 6.48. The van der Waals surface area contributed by atoms with Gasteiger partial charge in [0, 0.05) is 15.2 Å². The van der Waals surface area contributed by atoms with E-state index in [1.165, 1.54) is 36.0 Å². The molecule has 0 saturated carbocycles. The number of unbranched alkanes of at least 4 members (excludes halogenated alkanes) is 1. The highest BCUT2D eigenvalue weighted by atomic mass is 35.5. The fraction of sp³-hybridized carbons (Fsp3) is 0.571. The molecule has 1 atom stereocenters. The third-order valence-corrected chi connectivity index (χ3v) is 8.15. The summed E-state index contributed by atoms with van der Waals surface area (Å²) in [5.74, 6) is 0. The lowest BCUT2D eigenvalue weighted by Crippen LogP contribution is -2.31. The summed E-state index contributed by atoms with van der Waals surface area (Å²) < 4.78 is 0. The molecule has 0 aliphatic rings. The zero-order chi connectivity index (χ0) is 13.0. The molecule has 0 bridgehead atoms. The van der Waals surface area contributed by atoms with Crippen LogP contribution >= 0.6 is 11.6 Å². The van der Waals surface area contributed by atoms with Crippen molar-refractivity contribution in [2.75, 3.05) is 0 Å². The highest BCUT2D eigenvalue weighted by Gasteiger charge is 2.12. The quantitative estimate of drug-likeness (QED) is 0.562. The van der Waals surface area contributed by atoms with Gasteiger partial charge in [-0.2, -0.15) is 0 Å². The summed E-state index contributed by atoms with van der Waals surface area (Å²) in [6.45, 7) is 9.04. The van der Waals surface area contributed by atoms with E-state index < -0.39 is 0 Å². The van der Waals surface area contributed by atoms with Crippen LogP contribution in [0.25, 0.3) is 0 Å². The molecule has 0 aliphatic heterocycles. The standard InChI is InChI=1S/C14H25ClSi2/c1-5-6-7-13(15)17-12-8-9(2)14(16)11(4)10(12)3/h8,13H,5-7,17H2,1-4,16H3. The summed E-state index contributed by atoms with van der Waals surface area (Å²) in [4.78, 5) is 0. The normalized spacial score (nSPS) is 13.7. The molecule has 0 aromatic heterocycles.